The van der Waals surface area contributed by atoms with Gasteiger partial charge in [0.1, 0.15) is 12.3 Å². The average Bonchev–Trinajstić information content (AvgIpc) is 3.13. The Morgan fingerprint density at radius 1 is 1.28 bits per heavy atom. The number of carbonyl (C=O) groups excluding carboxylic acids is 2. The molecule has 1 aliphatic heterocycles. The molecule has 0 radical (unpaired) electrons. The fraction of sp³-hybridized carbons (Fsp3) is 0.412. The number of rotatable bonds is 5. The van der Waals surface area contributed by atoms with E-state index in [-0.39, 0.29) is 24.6 Å². The van der Waals surface area contributed by atoms with Crippen LogP contribution in [-0.2, 0) is 9.53 Å². The summed E-state index contributed by atoms with van der Waals surface area (Å²) in [4.78, 5) is 32.2. The quantitative estimate of drug-likeness (QED) is 0.807. The molecule has 0 bridgehead atoms. The van der Waals surface area contributed by atoms with Gasteiger partial charge in [0.15, 0.2) is 0 Å². The Balaban J connectivity index is 1.47. The Labute approximate surface area is 145 Å². The number of esters is 1. The highest BCUT2D eigenvalue weighted by Gasteiger charge is 2.19. The molecule has 1 fully saturated rings. The minimum atomic E-state index is -0.520. The molecule has 1 amide bonds. The number of carbonyl (C=O) groups is 2. The van der Waals surface area contributed by atoms with Crippen molar-refractivity contribution in [2.45, 2.75) is 6.42 Å². The molecule has 25 heavy (non-hydrogen) atoms. The molecule has 0 aliphatic carbocycles. The van der Waals surface area contributed by atoms with Crippen molar-refractivity contribution < 1.29 is 14.3 Å². The van der Waals surface area contributed by atoms with Gasteiger partial charge in [-0.05, 0) is 25.2 Å². The molecule has 0 unspecified atom stereocenters. The fourth-order valence-electron chi connectivity index (χ4n) is 2.61. The summed E-state index contributed by atoms with van der Waals surface area (Å²) < 4.78 is 5.18. The van der Waals surface area contributed by atoms with Gasteiger partial charge < -0.3 is 14.5 Å². The molecule has 3 heterocycles. The number of likely N-dealkylation sites (N-methyl/N-ethyl adjacent to an activating group) is 1. The molecule has 1 N–H and O–H groups in total. The maximum atomic E-state index is 12.1. The van der Waals surface area contributed by atoms with Crippen LogP contribution in [0.2, 0.25) is 0 Å². The Morgan fingerprint density at radius 2 is 2.08 bits per heavy atom. The number of pyridine rings is 1. The lowest BCUT2D eigenvalue weighted by atomic mass is 10.2. The van der Waals surface area contributed by atoms with Gasteiger partial charge in [0.2, 0.25) is 5.91 Å². The predicted octanol–water partition coefficient (Wildman–Crippen LogP) is 0.793. The minimum Gasteiger partial charge on any atom is -0.460 e. The second-order valence-corrected chi connectivity index (χ2v) is 5.98. The zero-order chi connectivity index (χ0) is 17.6. The van der Waals surface area contributed by atoms with Gasteiger partial charge >= 0.3 is 5.97 Å². The van der Waals surface area contributed by atoms with E-state index in [1.54, 1.807) is 24.5 Å². The van der Waals surface area contributed by atoms with E-state index in [4.69, 9.17) is 4.74 Å². The minimum absolute atomic E-state index is 0.0153. The molecule has 1 saturated heterocycles. The number of H-pyrrole nitrogens is 1. The van der Waals surface area contributed by atoms with Crippen LogP contribution in [-0.4, -0.2) is 76.7 Å². The molecule has 0 saturated carbocycles. The summed E-state index contributed by atoms with van der Waals surface area (Å²) in [6, 6.07) is 5.26. The van der Waals surface area contributed by atoms with E-state index >= 15 is 0 Å². The van der Waals surface area contributed by atoms with Crippen LogP contribution in [0.25, 0.3) is 11.3 Å². The molecule has 0 aromatic carbocycles. The second-order valence-electron chi connectivity index (χ2n) is 5.98. The molecular formula is C17H21N5O3. The lowest BCUT2D eigenvalue weighted by molar-refractivity contribution is -0.133. The first-order valence-corrected chi connectivity index (χ1v) is 8.23. The number of ether oxygens (including phenoxy) is 1. The summed E-state index contributed by atoms with van der Waals surface area (Å²) in [6.07, 6.45) is 3.53. The van der Waals surface area contributed by atoms with Crippen molar-refractivity contribution in [2.75, 3.05) is 39.8 Å². The lowest BCUT2D eigenvalue weighted by Gasteiger charge is -2.32. The molecular weight excluding hydrogens is 322 g/mol. The van der Waals surface area contributed by atoms with Gasteiger partial charge in [-0.15, -0.1) is 0 Å². The van der Waals surface area contributed by atoms with Crippen LogP contribution in [0.3, 0.4) is 0 Å². The summed E-state index contributed by atoms with van der Waals surface area (Å²) >= 11 is 0. The maximum Gasteiger partial charge on any atom is 0.356 e. The van der Waals surface area contributed by atoms with Crippen LogP contribution in [0.5, 0.6) is 0 Å². The number of aromatic amines is 1. The molecule has 1 aliphatic rings. The number of nitrogens with one attached hydrogen (secondary N) is 1. The number of hydrogen-bond donors (Lipinski definition) is 1. The lowest BCUT2D eigenvalue weighted by Crippen LogP contribution is -2.47. The predicted molar refractivity (Wildman–Crippen MR) is 90.8 cm³/mol. The first kappa shape index (κ1) is 17.1. The van der Waals surface area contributed by atoms with Gasteiger partial charge in [0.05, 0.1) is 12.1 Å². The summed E-state index contributed by atoms with van der Waals surface area (Å²) in [5.74, 6) is -0.504. The third-order valence-corrected chi connectivity index (χ3v) is 4.16. The van der Waals surface area contributed by atoms with Crippen molar-refractivity contribution in [3.05, 3.63) is 36.3 Å². The van der Waals surface area contributed by atoms with Crippen molar-refractivity contribution >= 4 is 11.9 Å². The average molecular weight is 343 g/mol. The smallest absolute Gasteiger partial charge is 0.356 e. The van der Waals surface area contributed by atoms with E-state index in [1.165, 1.54) is 0 Å². The highest BCUT2D eigenvalue weighted by Crippen LogP contribution is 2.16. The van der Waals surface area contributed by atoms with Crippen molar-refractivity contribution in [2.24, 2.45) is 0 Å². The van der Waals surface area contributed by atoms with Crippen LogP contribution in [0.1, 0.15) is 16.9 Å². The Morgan fingerprint density at radius 3 is 2.80 bits per heavy atom. The fourth-order valence-corrected chi connectivity index (χ4v) is 2.61. The topological polar surface area (TPSA) is 91.4 Å². The summed E-state index contributed by atoms with van der Waals surface area (Å²) in [5, 5.41) is 6.74. The molecule has 3 rings (SSSR count). The molecule has 0 spiro atoms. The maximum absolute atomic E-state index is 12.1. The third kappa shape index (κ3) is 4.42. The van der Waals surface area contributed by atoms with Crippen molar-refractivity contribution in [1.29, 1.82) is 0 Å². The van der Waals surface area contributed by atoms with Crippen LogP contribution >= 0.6 is 0 Å². The molecule has 8 heteroatoms. The van der Waals surface area contributed by atoms with Gasteiger partial charge in [-0.3, -0.25) is 14.9 Å². The van der Waals surface area contributed by atoms with E-state index in [1.807, 2.05) is 18.0 Å². The zero-order valence-corrected chi connectivity index (χ0v) is 14.1. The first-order chi connectivity index (χ1) is 12.1. The van der Waals surface area contributed by atoms with E-state index in [2.05, 4.69) is 20.1 Å². The van der Waals surface area contributed by atoms with Crippen LogP contribution in [0.4, 0.5) is 0 Å². The van der Waals surface area contributed by atoms with Gasteiger partial charge in [-0.25, -0.2) is 4.79 Å². The van der Waals surface area contributed by atoms with E-state index in [0.29, 0.717) is 5.69 Å². The number of nitrogens with zero attached hydrogens (tertiary/aromatic N) is 4. The molecule has 2 aromatic heterocycles. The van der Waals surface area contributed by atoms with Gasteiger partial charge in [0.25, 0.3) is 0 Å². The summed E-state index contributed by atoms with van der Waals surface area (Å²) in [7, 11) is 2.04. The monoisotopic (exact) mass is 343 g/mol. The normalized spacial score (nSPS) is 15.2. The number of hydrogen-bond acceptors (Lipinski definition) is 6. The van der Waals surface area contributed by atoms with Crippen LogP contribution in [0.15, 0.2) is 30.6 Å². The summed E-state index contributed by atoms with van der Waals surface area (Å²) in [6.45, 7) is 3.25. The molecule has 0 atom stereocenters. The SMILES string of the molecule is CN1CCN(C(=O)CCOC(=O)c2cc(-c3cccnc3)n[nH]2)CC1. The highest BCUT2D eigenvalue weighted by atomic mass is 16.5. The van der Waals surface area contributed by atoms with Gasteiger partial charge in [-0.2, -0.15) is 5.10 Å². The second kappa shape index (κ2) is 7.89. The third-order valence-electron chi connectivity index (χ3n) is 4.16. The molecule has 2 aromatic rings. The molecule has 132 valence electrons. The Hall–Kier alpha value is -2.74. The first-order valence-electron chi connectivity index (χ1n) is 8.23. The van der Waals surface area contributed by atoms with Crippen LogP contribution < -0.4 is 0 Å². The standard InChI is InChI=1S/C17H21N5O3/c1-21-6-8-22(9-7-21)16(23)4-10-25-17(24)15-11-14(19-20-15)13-3-2-5-18-12-13/h2-3,5,11-12H,4,6-10H2,1H3,(H,19,20). The number of amides is 1. The van der Waals surface area contributed by atoms with Crippen molar-refractivity contribution in [3.63, 3.8) is 0 Å². The van der Waals surface area contributed by atoms with Gasteiger partial charge in [-0.1, -0.05) is 0 Å². The largest absolute Gasteiger partial charge is 0.460 e. The van der Waals surface area contributed by atoms with Crippen molar-refractivity contribution in [1.82, 2.24) is 25.0 Å². The summed E-state index contributed by atoms with van der Waals surface area (Å²) in [5.41, 5.74) is 1.68. The Bertz CT molecular complexity index is 723. The van der Waals surface area contributed by atoms with E-state index in [0.717, 1.165) is 31.7 Å². The molecule has 8 nitrogen and oxygen atoms in total. The van der Waals surface area contributed by atoms with Crippen molar-refractivity contribution in [3.8, 4) is 11.3 Å². The zero-order valence-electron chi connectivity index (χ0n) is 14.1. The van der Waals surface area contributed by atoms with E-state index in [9.17, 15) is 9.59 Å². The Kier molecular flexibility index (Phi) is 5.39. The number of piperazine rings is 1. The van der Waals surface area contributed by atoms with Gasteiger partial charge in [0, 0.05) is 44.1 Å². The number of aromatic nitrogens is 3. The van der Waals surface area contributed by atoms with E-state index < -0.39 is 5.97 Å². The highest BCUT2D eigenvalue weighted by molar-refractivity contribution is 5.88. The van der Waals surface area contributed by atoms with Crippen LogP contribution in [0, 0.1) is 0 Å².